The summed E-state index contributed by atoms with van der Waals surface area (Å²) >= 11 is 6.22. The van der Waals surface area contributed by atoms with Gasteiger partial charge in [0, 0.05) is 35.8 Å². The molecule has 0 atom stereocenters. The van der Waals surface area contributed by atoms with Crippen molar-refractivity contribution in [3.63, 3.8) is 0 Å². The zero-order valence-electron chi connectivity index (χ0n) is 22.5. The molecular weight excluding hydrogens is 556 g/mol. The number of hydrogen-bond acceptors (Lipinski definition) is 5. The summed E-state index contributed by atoms with van der Waals surface area (Å²) in [6.45, 7) is 3.58. The lowest BCUT2D eigenvalue weighted by atomic mass is 9.96. The molecule has 2 aliphatic rings. The third kappa shape index (κ3) is 5.69. The minimum atomic E-state index is -1.06. The Labute approximate surface area is 240 Å². The fourth-order valence-electron chi connectivity index (χ4n) is 5.20. The molecule has 0 unspecified atom stereocenters. The summed E-state index contributed by atoms with van der Waals surface area (Å²) < 4.78 is 40.3. The Balaban J connectivity index is 1.32. The minimum Gasteiger partial charge on any atom is -0.483 e. The molecule has 2 aliphatic heterocycles. The van der Waals surface area contributed by atoms with E-state index in [4.69, 9.17) is 26.8 Å². The van der Waals surface area contributed by atoms with E-state index in [0.717, 1.165) is 6.07 Å². The van der Waals surface area contributed by atoms with Gasteiger partial charge in [0.2, 0.25) is 0 Å². The Hall–Kier alpha value is -4.18. The van der Waals surface area contributed by atoms with Crippen LogP contribution in [0.1, 0.15) is 37.0 Å². The van der Waals surface area contributed by atoms with Gasteiger partial charge in [0.15, 0.2) is 12.2 Å². The van der Waals surface area contributed by atoms with E-state index in [2.05, 4.69) is 0 Å². The van der Waals surface area contributed by atoms with Crippen molar-refractivity contribution < 1.29 is 32.6 Å². The van der Waals surface area contributed by atoms with Crippen LogP contribution < -0.4 is 20.1 Å². The number of nitrogens with zero attached hydrogens (tertiary/aromatic N) is 2. The van der Waals surface area contributed by atoms with Gasteiger partial charge in [0.05, 0.1) is 11.3 Å². The van der Waals surface area contributed by atoms with Gasteiger partial charge < -0.3 is 25.0 Å². The number of fused-ring (bicyclic) bond motifs is 1. The molecule has 3 amide bonds. The first-order valence-electron chi connectivity index (χ1n) is 13.1. The van der Waals surface area contributed by atoms with Crippen LogP contribution in [0.15, 0.2) is 54.6 Å². The fraction of sp³-hybridized carbons (Fsp3) is 0.300. The van der Waals surface area contributed by atoms with E-state index in [1.54, 1.807) is 41.8 Å². The first-order valence-corrected chi connectivity index (χ1v) is 13.4. The molecule has 0 radical (unpaired) electrons. The third-order valence-electron chi connectivity index (χ3n) is 7.22. The highest BCUT2D eigenvalue weighted by atomic mass is 35.5. The van der Waals surface area contributed by atoms with Gasteiger partial charge in [-0.15, -0.1) is 0 Å². The summed E-state index contributed by atoms with van der Waals surface area (Å²) in [4.78, 5) is 41.0. The first-order chi connectivity index (χ1) is 19.4. The van der Waals surface area contributed by atoms with Crippen LogP contribution >= 0.6 is 11.6 Å². The summed E-state index contributed by atoms with van der Waals surface area (Å²) in [5.41, 5.74) is 5.21. The maximum atomic E-state index is 15.3. The maximum Gasteiger partial charge on any atom is 0.270 e. The fourth-order valence-corrected chi connectivity index (χ4v) is 5.37. The number of likely N-dealkylation sites (tertiary alicyclic amines) is 1. The molecule has 0 aromatic heterocycles. The van der Waals surface area contributed by atoms with Crippen LogP contribution in [0.4, 0.5) is 14.5 Å². The summed E-state index contributed by atoms with van der Waals surface area (Å²) in [6.07, 6.45) is 0.963. The Morgan fingerprint density at radius 2 is 1.80 bits per heavy atom. The molecule has 214 valence electrons. The Bertz CT molecular complexity index is 1540. The molecule has 0 saturated carbocycles. The lowest BCUT2D eigenvalue weighted by molar-refractivity contribution is -0.133. The van der Waals surface area contributed by atoms with Gasteiger partial charge in [-0.05, 0) is 74.7 Å². The summed E-state index contributed by atoms with van der Waals surface area (Å²) in [5, 5.41) is 0.476. The molecule has 8 nitrogen and oxygen atoms in total. The number of nitrogens with two attached hydrogens (primary N) is 1. The SMILES string of the molecule is CC1(C)Oc2ccc(Cl)cc2N(C2CCN(C(=O)c3ccc(-c4ccc(F)cc4OCC(N)=O)cc3F)CC2)C1=O. The standard InChI is InChI=1S/C30H28ClF2N3O5/c1-30(2)29(39)36(24-14-18(31)4-8-25(24)41-30)20-9-11-35(12-10-20)28(38)22-6-3-17(13-23(22)33)21-7-5-19(32)15-26(21)40-16-27(34)37/h3-8,13-15,20H,9-12,16H2,1-2H3,(H2,34,37). The van der Waals surface area contributed by atoms with Crippen LogP contribution in [-0.4, -0.2) is 54.0 Å². The van der Waals surface area contributed by atoms with Crippen molar-refractivity contribution in [1.29, 1.82) is 0 Å². The molecule has 0 bridgehead atoms. The predicted molar refractivity (Wildman–Crippen MR) is 149 cm³/mol. The molecule has 1 saturated heterocycles. The van der Waals surface area contributed by atoms with Crippen molar-refractivity contribution >= 4 is 35.0 Å². The van der Waals surface area contributed by atoms with Crippen LogP contribution in [0.25, 0.3) is 11.1 Å². The minimum absolute atomic E-state index is 0.0213. The highest BCUT2D eigenvalue weighted by Gasteiger charge is 2.44. The molecule has 1 fully saturated rings. The van der Waals surface area contributed by atoms with Crippen molar-refractivity contribution in [2.75, 3.05) is 24.6 Å². The summed E-state index contributed by atoms with van der Waals surface area (Å²) in [5.74, 6) is -2.19. The number of halogens is 3. The van der Waals surface area contributed by atoms with Crippen molar-refractivity contribution in [2.24, 2.45) is 5.73 Å². The Kier molecular flexibility index (Phi) is 7.61. The summed E-state index contributed by atoms with van der Waals surface area (Å²) in [6, 6.07) is 12.7. The van der Waals surface area contributed by atoms with Crippen molar-refractivity contribution in [1.82, 2.24) is 4.90 Å². The smallest absolute Gasteiger partial charge is 0.270 e. The molecule has 3 aromatic carbocycles. The van der Waals surface area contributed by atoms with Gasteiger partial charge in [-0.25, -0.2) is 8.78 Å². The monoisotopic (exact) mass is 583 g/mol. The van der Waals surface area contributed by atoms with Gasteiger partial charge in [-0.2, -0.15) is 0 Å². The predicted octanol–water partition coefficient (Wildman–Crippen LogP) is 4.96. The summed E-state index contributed by atoms with van der Waals surface area (Å²) in [7, 11) is 0. The highest BCUT2D eigenvalue weighted by molar-refractivity contribution is 6.31. The maximum absolute atomic E-state index is 15.3. The van der Waals surface area contributed by atoms with E-state index in [0.29, 0.717) is 53.5 Å². The van der Waals surface area contributed by atoms with E-state index in [1.165, 1.54) is 30.3 Å². The first kappa shape index (κ1) is 28.4. The van der Waals surface area contributed by atoms with E-state index in [-0.39, 0.29) is 23.3 Å². The number of piperidine rings is 1. The molecule has 0 aliphatic carbocycles. The molecular formula is C30H28ClF2N3O5. The zero-order chi connectivity index (χ0) is 29.5. The molecule has 5 rings (SSSR count). The van der Waals surface area contributed by atoms with Gasteiger partial charge in [0.1, 0.15) is 23.1 Å². The second kappa shape index (κ2) is 11.0. The molecule has 0 spiro atoms. The quantitative estimate of drug-likeness (QED) is 0.442. The van der Waals surface area contributed by atoms with Crippen molar-refractivity contribution in [2.45, 2.75) is 38.3 Å². The van der Waals surface area contributed by atoms with E-state index in [1.807, 2.05) is 0 Å². The molecule has 2 N–H and O–H groups in total. The number of hydrogen-bond donors (Lipinski definition) is 1. The molecule has 41 heavy (non-hydrogen) atoms. The number of amides is 3. The lowest BCUT2D eigenvalue weighted by Crippen LogP contribution is -2.58. The Morgan fingerprint density at radius 3 is 2.49 bits per heavy atom. The largest absolute Gasteiger partial charge is 0.483 e. The van der Waals surface area contributed by atoms with E-state index in [9.17, 15) is 18.8 Å². The van der Waals surface area contributed by atoms with Crippen LogP contribution in [-0.2, 0) is 9.59 Å². The third-order valence-corrected chi connectivity index (χ3v) is 7.46. The van der Waals surface area contributed by atoms with Crippen molar-refractivity contribution in [3.8, 4) is 22.6 Å². The van der Waals surface area contributed by atoms with E-state index >= 15 is 4.39 Å². The van der Waals surface area contributed by atoms with Gasteiger partial charge >= 0.3 is 0 Å². The van der Waals surface area contributed by atoms with Crippen LogP contribution in [0, 0.1) is 11.6 Å². The molecule has 11 heteroatoms. The van der Waals surface area contributed by atoms with Crippen LogP contribution in [0.3, 0.4) is 0 Å². The van der Waals surface area contributed by atoms with Gasteiger partial charge in [0.25, 0.3) is 17.7 Å². The number of rotatable bonds is 6. The zero-order valence-corrected chi connectivity index (χ0v) is 23.2. The number of carbonyl (C=O) groups is 3. The normalized spacial score (nSPS) is 16.7. The topological polar surface area (TPSA) is 102 Å². The average molecular weight is 584 g/mol. The number of ether oxygens (including phenoxy) is 2. The van der Waals surface area contributed by atoms with Gasteiger partial charge in [-0.3, -0.25) is 14.4 Å². The van der Waals surface area contributed by atoms with Crippen molar-refractivity contribution in [3.05, 3.63) is 76.8 Å². The lowest BCUT2D eigenvalue weighted by Gasteiger charge is -2.45. The number of primary amides is 1. The van der Waals surface area contributed by atoms with E-state index < -0.39 is 35.7 Å². The molecule has 2 heterocycles. The average Bonchev–Trinajstić information content (AvgIpc) is 2.93. The van der Waals surface area contributed by atoms with Crippen LogP contribution in [0.5, 0.6) is 11.5 Å². The Morgan fingerprint density at radius 1 is 1.07 bits per heavy atom. The number of anilines is 1. The second-order valence-corrected chi connectivity index (χ2v) is 10.9. The van der Waals surface area contributed by atoms with Gasteiger partial charge in [-0.1, -0.05) is 17.7 Å². The number of carbonyl (C=O) groups excluding carboxylic acids is 3. The number of benzene rings is 3. The van der Waals surface area contributed by atoms with Crippen LogP contribution in [0.2, 0.25) is 5.02 Å². The highest BCUT2D eigenvalue weighted by Crippen LogP contribution is 2.42. The second-order valence-electron chi connectivity index (χ2n) is 10.5. The molecule has 3 aromatic rings.